The Balaban J connectivity index is 2.24. The SMILES string of the molecule is CCc1ccc2c(-c3ccc(C#N)cc3)cc(CS(C)(=O)=O)nn12. The number of benzene rings is 1. The highest BCUT2D eigenvalue weighted by atomic mass is 32.2. The van der Waals surface area contributed by atoms with Crippen LogP contribution in [0.25, 0.3) is 16.6 Å². The first-order valence-corrected chi connectivity index (χ1v) is 9.66. The number of fused-ring (bicyclic) bond motifs is 1. The second-order valence-corrected chi connectivity index (χ2v) is 7.92. The van der Waals surface area contributed by atoms with Crippen LogP contribution in [-0.2, 0) is 22.0 Å². The molecule has 0 unspecified atom stereocenters. The molecule has 0 fully saturated rings. The summed E-state index contributed by atoms with van der Waals surface area (Å²) in [6.07, 6.45) is 2.01. The van der Waals surface area contributed by atoms with Gasteiger partial charge < -0.3 is 0 Å². The molecule has 24 heavy (non-hydrogen) atoms. The molecule has 1 aromatic carbocycles. The Labute approximate surface area is 141 Å². The van der Waals surface area contributed by atoms with Crippen LogP contribution in [0.3, 0.4) is 0 Å². The molecule has 0 spiro atoms. The number of aromatic nitrogens is 2. The van der Waals surface area contributed by atoms with E-state index in [1.54, 1.807) is 12.1 Å². The van der Waals surface area contributed by atoms with Crippen LogP contribution in [-0.4, -0.2) is 24.3 Å². The Morgan fingerprint density at radius 2 is 1.88 bits per heavy atom. The maximum atomic E-state index is 11.7. The van der Waals surface area contributed by atoms with E-state index in [1.807, 2.05) is 41.8 Å². The van der Waals surface area contributed by atoms with E-state index in [0.29, 0.717) is 11.3 Å². The van der Waals surface area contributed by atoms with Crippen molar-refractivity contribution in [3.63, 3.8) is 0 Å². The van der Waals surface area contributed by atoms with E-state index in [0.717, 1.165) is 28.8 Å². The third kappa shape index (κ3) is 3.17. The lowest BCUT2D eigenvalue weighted by Gasteiger charge is -2.10. The quantitative estimate of drug-likeness (QED) is 0.732. The smallest absolute Gasteiger partial charge is 0.153 e. The summed E-state index contributed by atoms with van der Waals surface area (Å²) >= 11 is 0. The number of sulfone groups is 1. The molecule has 0 N–H and O–H groups in total. The molecule has 0 saturated heterocycles. The molecule has 2 aromatic heterocycles. The molecule has 5 nitrogen and oxygen atoms in total. The third-order valence-corrected chi connectivity index (χ3v) is 4.67. The number of nitriles is 1. The van der Waals surface area contributed by atoms with Crippen molar-refractivity contribution in [2.75, 3.05) is 6.26 Å². The summed E-state index contributed by atoms with van der Waals surface area (Å²) in [5.74, 6) is -0.104. The van der Waals surface area contributed by atoms with Gasteiger partial charge in [-0.3, -0.25) is 0 Å². The maximum Gasteiger partial charge on any atom is 0.153 e. The molecule has 0 atom stereocenters. The molecule has 0 radical (unpaired) electrons. The first-order chi connectivity index (χ1) is 11.4. The van der Waals surface area contributed by atoms with Crippen molar-refractivity contribution in [1.29, 1.82) is 5.26 Å². The fraction of sp³-hybridized carbons (Fsp3) is 0.222. The summed E-state index contributed by atoms with van der Waals surface area (Å²) in [4.78, 5) is 0. The van der Waals surface area contributed by atoms with Gasteiger partial charge in [0.15, 0.2) is 9.84 Å². The Morgan fingerprint density at radius 1 is 1.17 bits per heavy atom. The van der Waals surface area contributed by atoms with Gasteiger partial charge in [0.25, 0.3) is 0 Å². The standard InChI is InChI=1S/C18H17N3O2S/c1-3-16-8-9-18-17(14-6-4-13(11-19)5-7-14)10-15(20-21(16)18)12-24(2,22)23/h4-10H,3,12H2,1-2H3. The summed E-state index contributed by atoms with van der Waals surface area (Å²) in [5, 5.41) is 13.4. The maximum absolute atomic E-state index is 11.7. The monoisotopic (exact) mass is 339 g/mol. The van der Waals surface area contributed by atoms with E-state index in [-0.39, 0.29) is 5.75 Å². The number of aryl methyl sites for hydroxylation is 1. The summed E-state index contributed by atoms with van der Waals surface area (Å²) in [7, 11) is -3.18. The van der Waals surface area contributed by atoms with Gasteiger partial charge in [-0.2, -0.15) is 10.4 Å². The number of rotatable bonds is 4. The molecular weight excluding hydrogens is 322 g/mol. The lowest BCUT2D eigenvalue weighted by Crippen LogP contribution is -2.07. The number of hydrogen-bond acceptors (Lipinski definition) is 4. The van der Waals surface area contributed by atoms with Gasteiger partial charge in [0.05, 0.1) is 28.6 Å². The molecule has 122 valence electrons. The molecule has 0 aliphatic heterocycles. The lowest BCUT2D eigenvalue weighted by molar-refractivity contribution is 0.600. The minimum absolute atomic E-state index is 0.104. The van der Waals surface area contributed by atoms with Crippen LogP contribution >= 0.6 is 0 Å². The van der Waals surface area contributed by atoms with Crippen LogP contribution in [0.5, 0.6) is 0 Å². The van der Waals surface area contributed by atoms with Gasteiger partial charge in [0.2, 0.25) is 0 Å². The Morgan fingerprint density at radius 3 is 2.46 bits per heavy atom. The van der Waals surface area contributed by atoms with E-state index in [1.165, 1.54) is 6.26 Å². The Bertz CT molecular complexity index is 1040. The largest absolute Gasteiger partial charge is 0.237 e. The van der Waals surface area contributed by atoms with Gasteiger partial charge in [0, 0.05) is 17.5 Å². The average molecular weight is 339 g/mol. The lowest BCUT2D eigenvalue weighted by atomic mass is 10.0. The van der Waals surface area contributed by atoms with Crippen molar-refractivity contribution in [2.24, 2.45) is 0 Å². The second-order valence-electron chi connectivity index (χ2n) is 5.78. The highest BCUT2D eigenvalue weighted by molar-refractivity contribution is 7.89. The van der Waals surface area contributed by atoms with Gasteiger partial charge in [0.1, 0.15) is 0 Å². The summed E-state index contributed by atoms with van der Waals surface area (Å²) < 4.78 is 25.2. The topological polar surface area (TPSA) is 75.2 Å². The minimum atomic E-state index is -3.18. The van der Waals surface area contributed by atoms with Crippen LogP contribution in [0.15, 0.2) is 42.5 Å². The van der Waals surface area contributed by atoms with E-state index < -0.39 is 9.84 Å². The second kappa shape index (κ2) is 6.10. The predicted molar refractivity (Wildman–Crippen MR) is 93.3 cm³/mol. The van der Waals surface area contributed by atoms with Crippen LogP contribution < -0.4 is 0 Å². The number of nitrogens with zero attached hydrogens (tertiary/aromatic N) is 3. The van der Waals surface area contributed by atoms with Crippen molar-refractivity contribution < 1.29 is 8.42 Å². The molecule has 2 heterocycles. The van der Waals surface area contributed by atoms with Crippen molar-refractivity contribution >= 4 is 15.4 Å². The molecular formula is C18H17N3O2S. The van der Waals surface area contributed by atoms with E-state index in [4.69, 9.17) is 5.26 Å². The van der Waals surface area contributed by atoms with E-state index in [9.17, 15) is 8.42 Å². The van der Waals surface area contributed by atoms with Crippen LogP contribution in [0, 0.1) is 11.3 Å². The highest BCUT2D eigenvalue weighted by Crippen LogP contribution is 2.27. The van der Waals surface area contributed by atoms with Crippen molar-refractivity contribution in [2.45, 2.75) is 19.1 Å². The first-order valence-electron chi connectivity index (χ1n) is 7.60. The molecule has 3 rings (SSSR count). The van der Waals surface area contributed by atoms with Gasteiger partial charge >= 0.3 is 0 Å². The fourth-order valence-corrected chi connectivity index (χ4v) is 3.43. The molecule has 6 heteroatoms. The summed E-state index contributed by atoms with van der Waals surface area (Å²) in [6, 6.07) is 15.2. The molecule has 0 saturated carbocycles. The van der Waals surface area contributed by atoms with Crippen molar-refractivity contribution in [3.05, 3.63) is 59.4 Å². The summed E-state index contributed by atoms with van der Waals surface area (Å²) in [5.41, 5.74) is 4.88. The zero-order valence-electron chi connectivity index (χ0n) is 13.5. The highest BCUT2D eigenvalue weighted by Gasteiger charge is 2.14. The van der Waals surface area contributed by atoms with Crippen molar-refractivity contribution in [1.82, 2.24) is 9.61 Å². The molecule has 3 aromatic rings. The predicted octanol–water partition coefficient (Wildman–Crippen LogP) is 2.98. The molecule has 0 aliphatic rings. The van der Waals surface area contributed by atoms with E-state index >= 15 is 0 Å². The Hall–Kier alpha value is -2.65. The van der Waals surface area contributed by atoms with Crippen LogP contribution in [0.4, 0.5) is 0 Å². The summed E-state index contributed by atoms with van der Waals surface area (Å²) in [6.45, 7) is 2.04. The average Bonchev–Trinajstić information content (AvgIpc) is 2.95. The minimum Gasteiger partial charge on any atom is -0.237 e. The van der Waals surface area contributed by atoms with Crippen LogP contribution in [0.1, 0.15) is 23.9 Å². The fourth-order valence-electron chi connectivity index (χ4n) is 2.75. The molecule has 0 amide bonds. The third-order valence-electron chi connectivity index (χ3n) is 3.85. The van der Waals surface area contributed by atoms with Gasteiger partial charge in [-0.25, -0.2) is 12.9 Å². The van der Waals surface area contributed by atoms with Crippen LogP contribution in [0.2, 0.25) is 0 Å². The zero-order chi connectivity index (χ0) is 17.3. The first kappa shape index (κ1) is 16.2. The molecule has 0 bridgehead atoms. The zero-order valence-corrected chi connectivity index (χ0v) is 14.3. The Kier molecular flexibility index (Phi) is 4.12. The van der Waals surface area contributed by atoms with Crippen molar-refractivity contribution in [3.8, 4) is 17.2 Å². The van der Waals surface area contributed by atoms with Gasteiger partial charge in [-0.1, -0.05) is 19.1 Å². The molecule has 0 aliphatic carbocycles. The normalized spacial score (nSPS) is 11.5. The number of hydrogen-bond donors (Lipinski definition) is 0. The van der Waals surface area contributed by atoms with E-state index in [2.05, 4.69) is 11.2 Å². The van der Waals surface area contributed by atoms with Gasteiger partial charge in [-0.15, -0.1) is 0 Å². The van der Waals surface area contributed by atoms with Gasteiger partial charge in [-0.05, 0) is 42.3 Å².